The molecule has 2 aromatic heterocycles. The molecule has 0 saturated carbocycles. The van der Waals surface area contributed by atoms with Gasteiger partial charge in [-0.15, -0.1) is 6.58 Å². The first-order chi connectivity index (χ1) is 11.6. The fourth-order valence-corrected chi connectivity index (χ4v) is 3.23. The van der Waals surface area contributed by atoms with Crippen LogP contribution in [0.15, 0.2) is 29.2 Å². The zero-order valence-electron chi connectivity index (χ0n) is 14.3. The standard InChI is InChI=1S/C18H24N4O2/c1-4-9-19-13-6-8-16-15(10-13)17(21-22(16)3)18(23)20-11-14-7-5-12(2)24-14/h4-5,7,13,19H,1,6,8-11H2,2-3H3,(H,20,23). The maximum Gasteiger partial charge on any atom is 0.272 e. The molecule has 0 radical (unpaired) electrons. The van der Waals surface area contributed by atoms with Crippen molar-refractivity contribution in [1.82, 2.24) is 20.4 Å². The van der Waals surface area contributed by atoms with Crippen LogP contribution in [0.5, 0.6) is 0 Å². The first-order valence-corrected chi connectivity index (χ1v) is 8.31. The van der Waals surface area contributed by atoms with Gasteiger partial charge in [0.1, 0.15) is 11.5 Å². The first kappa shape index (κ1) is 16.5. The SMILES string of the molecule is C=CCNC1CCc2c(c(C(=O)NCc3ccc(C)o3)nn2C)C1. The lowest BCUT2D eigenvalue weighted by molar-refractivity contribution is 0.0941. The van der Waals surface area contributed by atoms with E-state index in [1.165, 1.54) is 0 Å². The van der Waals surface area contributed by atoms with Crippen molar-refractivity contribution in [2.45, 2.75) is 38.8 Å². The molecule has 2 heterocycles. The summed E-state index contributed by atoms with van der Waals surface area (Å²) in [5.41, 5.74) is 2.74. The summed E-state index contributed by atoms with van der Waals surface area (Å²) in [4.78, 5) is 12.6. The molecule has 128 valence electrons. The van der Waals surface area contributed by atoms with Gasteiger partial charge in [0.05, 0.1) is 6.54 Å². The fourth-order valence-electron chi connectivity index (χ4n) is 3.23. The predicted octanol–water partition coefficient (Wildman–Crippen LogP) is 1.88. The number of hydrogen-bond donors (Lipinski definition) is 2. The molecule has 0 aromatic carbocycles. The van der Waals surface area contributed by atoms with Crippen LogP contribution < -0.4 is 10.6 Å². The van der Waals surface area contributed by atoms with Crippen molar-refractivity contribution in [2.24, 2.45) is 7.05 Å². The van der Waals surface area contributed by atoms with Crippen LogP contribution in [0.1, 0.15) is 39.7 Å². The molecule has 3 rings (SSSR count). The molecule has 6 heteroatoms. The van der Waals surface area contributed by atoms with Crippen LogP contribution >= 0.6 is 0 Å². The largest absolute Gasteiger partial charge is 0.465 e. The van der Waals surface area contributed by atoms with E-state index < -0.39 is 0 Å². The molecule has 1 amide bonds. The highest BCUT2D eigenvalue weighted by Crippen LogP contribution is 2.24. The molecule has 0 spiro atoms. The van der Waals surface area contributed by atoms with Crippen molar-refractivity contribution in [3.05, 3.63) is 53.3 Å². The third-order valence-electron chi connectivity index (χ3n) is 4.44. The van der Waals surface area contributed by atoms with Gasteiger partial charge >= 0.3 is 0 Å². The lowest BCUT2D eigenvalue weighted by Crippen LogP contribution is -2.35. The Hall–Kier alpha value is -2.34. The minimum atomic E-state index is -0.148. The Labute approximate surface area is 141 Å². The number of fused-ring (bicyclic) bond motifs is 1. The maximum atomic E-state index is 12.6. The molecule has 0 aliphatic heterocycles. The average molecular weight is 328 g/mol. The van der Waals surface area contributed by atoms with E-state index in [2.05, 4.69) is 22.3 Å². The average Bonchev–Trinajstić information content (AvgIpc) is 3.14. The molecule has 2 aromatic rings. The molecule has 6 nitrogen and oxygen atoms in total. The van der Waals surface area contributed by atoms with Crippen LogP contribution in [0.4, 0.5) is 0 Å². The van der Waals surface area contributed by atoms with Crippen molar-refractivity contribution in [3.8, 4) is 0 Å². The highest BCUT2D eigenvalue weighted by Gasteiger charge is 2.27. The second-order valence-electron chi connectivity index (χ2n) is 6.23. The monoisotopic (exact) mass is 328 g/mol. The van der Waals surface area contributed by atoms with Crippen molar-refractivity contribution >= 4 is 5.91 Å². The van der Waals surface area contributed by atoms with Crippen LogP contribution in [0.3, 0.4) is 0 Å². The zero-order valence-corrected chi connectivity index (χ0v) is 14.3. The van der Waals surface area contributed by atoms with Crippen molar-refractivity contribution in [3.63, 3.8) is 0 Å². The molecular formula is C18H24N4O2. The summed E-state index contributed by atoms with van der Waals surface area (Å²) < 4.78 is 7.33. The Bertz CT molecular complexity index is 744. The van der Waals surface area contributed by atoms with Gasteiger partial charge in [-0.1, -0.05) is 6.08 Å². The van der Waals surface area contributed by atoms with E-state index in [1.54, 1.807) is 0 Å². The lowest BCUT2D eigenvalue weighted by atomic mass is 9.91. The number of aryl methyl sites for hydroxylation is 2. The Kier molecular flexibility index (Phi) is 4.85. The Balaban J connectivity index is 1.71. The van der Waals surface area contributed by atoms with E-state index in [-0.39, 0.29) is 5.91 Å². The highest BCUT2D eigenvalue weighted by atomic mass is 16.3. The normalized spacial score (nSPS) is 16.7. The number of nitrogens with zero attached hydrogens (tertiary/aromatic N) is 2. The number of aromatic nitrogens is 2. The minimum Gasteiger partial charge on any atom is -0.465 e. The van der Waals surface area contributed by atoms with Gasteiger partial charge < -0.3 is 15.1 Å². The van der Waals surface area contributed by atoms with E-state index >= 15 is 0 Å². The quantitative estimate of drug-likeness (QED) is 0.794. The Morgan fingerprint density at radius 3 is 3.08 bits per heavy atom. The van der Waals surface area contributed by atoms with Gasteiger partial charge in [0.2, 0.25) is 0 Å². The number of furan rings is 1. The van der Waals surface area contributed by atoms with Crippen molar-refractivity contribution in [1.29, 1.82) is 0 Å². The third kappa shape index (κ3) is 3.43. The minimum absolute atomic E-state index is 0.148. The molecule has 0 fully saturated rings. The van der Waals surface area contributed by atoms with E-state index in [9.17, 15) is 4.79 Å². The van der Waals surface area contributed by atoms with Gasteiger partial charge in [-0.2, -0.15) is 5.10 Å². The second kappa shape index (κ2) is 7.05. The Morgan fingerprint density at radius 2 is 2.38 bits per heavy atom. The summed E-state index contributed by atoms with van der Waals surface area (Å²) in [7, 11) is 1.91. The fraction of sp³-hybridized carbons (Fsp3) is 0.444. The van der Waals surface area contributed by atoms with E-state index in [0.717, 1.165) is 48.6 Å². The molecule has 1 unspecified atom stereocenters. The van der Waals surface area contributed by atoms with Crippen LogP contribution in [0, 0.1) is 6.92 Å². The summed E-state index contributed by atoms with van der Waals surface area (Å²) in [6, 6.07) is 4.12. The molecule has 0 saturated heterocycles. The molecule has 24 heavy (non-hydrogen) atoms. The van der Waals surface area contributed by atoms with Crippen molar-refractivity contribution < 1.29 is 9.21 Å². The summed E-state index contributed by atoms with van der Waals surface area (Å²) in [5, 5.41) is 10.8. The van der Waals surface area contributed by atoms with Gasteiger partial charge in [0.25, 0.3) is 5.91 Å². The van der Waals surface area contributed by atoms with Crippen LogP contribution in [0.2, 0.25) is 0 Å². The molecule has 1 atom stereocenters. The first-order valence-electron chi connectivity index (χ1n) is 8.31. The smallest absolute Gasteiger partial charge is 0.272 e. The van der Waals surface area contributed by atoms with Gasteiger partial charge in [-0.25, -0.2) is 0 Å². The molecule has 1 aliphatic rings. The lowest BCUT2D eigenvalue weighted by Gasteiger charge is -2.23. The number of carbonyl (C=O) groups is 1. The summed E-state index contributed by atoms with van der Waals surface area (Å²) in [5.74, 6) is 1.44. The molecular weight excluding hydrogens is 304 g/mol. The number of nitrogens with one attached hydrogen (secondary N) is 2. The zero-order chi connectivity index (χ0) is 17.1. The summed E-state index contributed by atoms with van der Waals surface area (Å²) >= 11 is 0. The van der Waals surface area contributed by atoms with E-state index in [1.807, 2.05) is 36.9 Å². The molecule has 1 aliphatic carbocycles. The number of rotatable bonds is 6. The second-order valence-corrected chi connectivity index (χ2v) is 6.23. The molecule has 0 bridgehead atoms. The van der Waals surface area contributed by atoms with Gasteiger partial charge in [0.15, 0.2) is 5.69 Å². The summed E-state index contributed by atoms with van der Waals surface area (Å²) in [6.07, 6.45) is 4.66. The maximum absolute atomic E-state index is 12.6. The molecule has 2 N–H and O–H groups in total. The van der Waals surface area contributed by atoms with Crippen LogP contribution in [-0.4, -0.2) is 28.3 Å². The van der Waals surface area contributed by atoms with E-state index in [0.29, 0.717) is 18.3 Å². The number of amides is 1. The van der Waals surface area contributed by atoms with Gasteiger partial charge in [0, 0.05) is 30.9 Å². The predicted molar refractivity (Wildman–Crippen MR) is 91.8 cm³/mol. The topological polar surface area (TPSA) is 72.1 Å². The summed E-state index contributed by atoms with van der Waals surface area (Å²) in [6.45, 7) is 6.78. The number of hydrogen-bond acceptors (Lipinski definition) is 4. The van der Waals surface area contributed by atoms with Crippen LogP contribution in [-0.2, 0) is 26.4 Å². The van der Waals surface area contributed by atoms with Crippen molar-refractivity contribution in [2.75, 3.05) is 6.54 Å². The van der Waals surface area contributed by atoms with E-state index in [4.69, 9.17) is 4.42 Å². The van der Waals surface area contributed by atoms with Gasteiger partial charge in [-0.3, -0.25) is 9.48 Å². The van der Waals surface area contributed by atoms with Crippen LogP contribution in [0.25, 0.3) is 0 Å². The number of carbonyl (C=O) groups excluding carboxylic acids is 1. The Morgan fingerprint density at radius 1 is 1.54 bits per heavy atom. The van der Waals surface area contributed by atoms with Gasteiger partial charge in [-0.05, 0) is 38.3 Å². The highest BCUT2D eigenvalue weighted by molar-refractivity contribution is 5.94. The third-order valence-corrected chi connectivity index (χ3v) is 4.44.